The molecule has 11 heteroatoms. The van der Waals surface area contributed by atoms with Crippen LogP contribution in [0, 0.1) is 5.92 Å². The van der Waals surface area contributed by atoms with Crippen LogP contribution in [0.25, 0.3) is 11.0 Å². The lowest BCUT2D eigenvalue weighted by atomic mass is 9.74. The highest BCUT2D eigenvalue weighted by Crippen LogP contribution is 2.45. The van der Waals surface area contributed by atoms with Gasteiger partial charge in [0.2, 0.25) is 0 Å². The molecule has 1 aliphatic heterocycles. The first-order valence-electron chi connectivity index (χ1n) is 13.3. The van der Waals surface area contributed by atoms with Crippen molar-refractivity contribution in [2.45, 2.75) is 52.3 Å². The van der Waals surface area contributed by atoms with Crippen LogP contribution in [0.2, 0.25) is 0 Å². The Morgan fingerprint density at radius 2 is 1.71 bits per heavy atom. The van der Waals surface area contributed by atoms with Gasteiger partial charge >= 0.3 is 23.7 Å². The lowest BCUT2D eigenvalue weighted by molar-refractivity contribution is -0.151. The highest BCUT2D eigenvalue weighted by molar-refractivity contribution is 6.07. The summed E-state index contributed by atoms with van der Waals surface area (Å²) in [6.07, 6.45) is -5.08. The molecule has 3 aromatic rings. The zero-order chi connectivity index (χ0) is 30.6. The molecule has 0 spiro atoms. The van der Waals surface area contributed by atoms with Crippen molar-refractivity contribution in [1.29, 1.82) is 0 Å². The number of aliphatic imine (C=N–C) groups is 1. The molecule has 0 amide bonds. The first kappa shape index (κ1) is 30.5. The molecular weight excluding hydrogens is 555 g/mol. The lowest BCUT2D eigenvalue weighted by Gasteiger charge is -2.33. The zero-order valence-electron chi connectivity index (χ0n) is 23.5. The average molecular weight is 586 g/mol. The van der Waals surface area contributed by atoms with E-state index >= 15 is 0 Å². The van der Waals surface area contributed by atoms with Gasteiger partial charge in [0.15, 0.2) is 0 Å². The number of carbonyl (C=O) groups excluding carboxylic acids is 2. The van der Waals surface area contributed by atoms with Crippen molar-refractivity contribution in [2.24, 2.45) is 10.9 Å². The van der Waals surface area contributed by atoms with E-state index in [1.54, 1.807) is 38.1 Å². The van der Waals surface area contributed by atoms with E-state index in [1.807, 2.05) is 0 Å². The summed E-state index contributed by atoms with van der Waals surface area (Å²) in [6.45, 7) is 6.17. The molecule has 2 aromatic carbocycles. The van der Waals surface area contributed by atoms with Crippen LogP contribution < -0.4 is 10.4 Å². The van der Waals surface area contributed by atoms with Crippen LogP contribution in [0.15, 0.2) is 80.1 Å². The van der Waals surface area contributed by atoms with Gasteiger partial charge in [-0.25, -0.2) is 9.59 Å². The van der Waals surface area contributed by atoms with Gasteiger partial charge in [0.1, 0.15) is 17.3 Å². The molecule has 4 rings (SSSR count). The van der Waals surface area contributed by atoms with E-state index in [2.05, 4.69) is 4.99 Å². The number of benzene rings is 2. The van der Waals surface area contributed by atoms with Crippen molar-refractivity contribution in [1.82, 2.24) is 0 Å². The predicted molar refractivity (Wildman–Crippen MR) is 148 cm³/mol. The van der Waals surface area contributed by atoms with E-state index in [0.29, 0.717) is 16.7 Å². The maximum absolute atomic E-state index is 14.1. The quantitative estimate of drug-likeness (QED) is 0.167. The maximum Gasteiger partial charge on any atom is 0.416 e. The topological polar surface area (TPSA) is 104 Å². The second-order valence-corrected chi connectivity index (χ2v) is 10.0. The lowest BCUT2D eigenvalue weighted by Crippen LogP contribution is -2.38. The Bertz CT molecular complexity index is 1600. The number of fused-ring (bicyclic) bond motifs is 1. The number of allylic oxidation sites excluding steroid dienone is 1. The molecule has 2 heterocycles. The fourth-order valence-electron chi connectivity index (χ4n) is 4.96. The van der Waals surface area contributed by atoms with Crippen LogP contribution in [0.5, 0.6) is 5.75 Å². The largest absolute Gasteiger partial charge is 0.492 e. The minimum atomic E-state index is -4.75. The van der Waals surface area contributed by atoms with Gasteiger partial charge in [-0.2, -0.15) is 13.2 Å². The minimum Gasteiger partial charge on any atom is -0.492 e. The second-order valence-electron chi connectivity index (χ2n) is 10.0. The van der Waals surface area contributed by atoms with Gasteiger partial charge in [-0.1, -0.05) is 30.3 Å². The summed E-state index contributed by atoms with van der Waals surface area (Å²) in [6, 6.07) is 12.9. The van der Waals surface area contributed by atoms with Crippen molar-refractivity contribution < 1.29 is 41.4 Å². The average Bonchev–Trinajstić information content (AvgIpc) is 2.91. The molecule has 0 N–H and O–H groups in total. The maximum atomic E-state index is 14.1. The summed E-state index contributed by atoms with van der Waals surface area (Å²) in [5, 5.41) is 0.593. The first-order valence-corrected chi connectivity index (χ1v) is 13.3. The standard InChI is InChI=1S/C31H30F3NO7/c1-17(2)41-30(38)27-19(4)35-18(3)26(28(27)20-10-5-7-12-22(20)31(32,33)34)29(37)40-15-9-14-39-24-16-25(36)42-23-13-8-6-11-21(23)24/h5-8,10-13,16-17,27-28H,9,14-15H2,1-4H3. The number of halogens is 3. The molecule has 222 valence electrons. The number of nitrogens with zero attached hydrogens (tertiary/aromatic N) is 1. The summed E-state index contributed by atoms with van der Waals surface area (Å²) in [7, 11) is 0. The number of esters is 2. The summed E-state index contributed by atoms with van der Waals surface area (Å²) in [5.74, 6) is -4.01. The van der Waals surface area contributed by atoms with E-state index < -0.39 is 47.2 Å². The van der Waals surface area contributed by atoms with Crippen molar-refractivity contribution >= 4 is 28.6 Å². The normalized spacial score (nSPS) is 17.3. The van der Waals surface area contributed by atoms with Crippen LogP contribution in [-0.2, 0) is 25.2 Å². The molecule has 0 radical (unpaired) electrons. The molecule has 2 unspecified atom stereocenters. The Morgan fingerprint density at radius 3 is 2.43 bits per heavy atom. The number of alkyl halides is 3. The number of rotatable bonds is 9. The molecule has 1 aliphatic rings. The van der Waals surface area contributed by atoms with Gasteiger partial charge < -0.3 is 18.6 Å². The van der Waals surface area contributed by atoms with Crippen molar-refractivity contribution in [3.05, 3.63) is 87.4 Å². The van der Waals surface area contributed by atoms with Gasteiger partial charge in [-0.05, 0) is 51.5 Å². The van der Waals surface area contributed by atoms with Crippen molar-refractivity contribution in [3.63, 3.8) is 0 Å². The predicted octanol–water partition coefficient (Wildman–Crippen LogP) is 6.22. The molecule has 42 heavy (non-hydrogen) atoms. The summed E-state index contributed by atoms with van der Waals surface area (Å²) in [5.41, 5.74) is -1.24. The Morgan fingerprint density at radius 1 is 1.02 bits per heavy atom. The van der Waals surface area contributed by atoms with E-state index in [1.165, 1.54) is 38.1 Å². The molecule has 0 aliphatic carbocycles. The van der Waals surface area contributed by atoms with E-state index in [9.17, 15) is 27.6 Å². The van der Waals surface area contributed by atoms with Gasteiger partial charge in [-0.15, -0.1) is 0 Å². The monoisotopic (exact) mass is 585 g/mol. The highest BCUT2D eigenvalue weighted by atomic mass is 19.4. The fraction of sp³-hybridized carbons (Fsp3) is 0.355. The third kappa shape index (κ3) is 6.72. The van der Waals surface area contributed by atoms with Gasteiger partial charge in [0, 0.05) is 23.7 Å². The first-order chi connectivity index (χ1) is 19.9. The molecular formula is C31H30F3NO7. The zero-order valence-corrected chi connectivity index (χ0v) is 23.5. The summed E-state index contributed by atoms with van der Waals surface area (Å²) in [4.78, 5) is 42.8. The van der Waals surface area contributed by atoms with Crippen LogP contribution in [0.4, 0.5) is 13.2 Å². The van der Waals surface area contributed by atoms with Crippen molar-refractivity contribution in [2.75, 3.05) is 13.2 Å². The SMILES string of the molecule is CC1=NC(C)=C(C(=O)OCCCOc2cc(=O)oc3ccccc23)C(c2ccccc2C(F)(F)F)C1C(=O)OC(C)C. The number of ether oxygens (including phenoxy) is 3. The van der Waals surface area contributed by atoms with Crippen LogP contribution in [0.3, 0.4) is 0 Å². The molecule has 2 atom stereocenters. The Kier molecular flexibility index (Phi) is 9.18. The molecule has 1 aromatic heterocycles. The Balaban J connectivity index is 1.57. The molecule has 0 saturated carbocycles. The van der Waals surface area contributed by atoms with E-state index in [-0.39, 0.29) is 42.2 Å². The number of carbonyl (C=O) groups is 2. The molecule has 0 saturated heterocycles. The summed E-state index contributed by atoms with van der Waals surface area (Å²) >= 11 is 0. The summed E-state index contributed by atoms with van der Waals surface area (Å²) < 4.78 is 64.0. The van der Waals surface area contributed by atoms with Gasteiger partial charge in [0.25, 0.3) is 0 Å². The molecule has 0 bridgehead atoms. The minimum absolute atomic E-state index is 0.0691. The Labute approximate surface area is 239 Å². The smallest absolute Gasteiger partial charge is 0.416 e. The third-order valence-electron chi connectivity index (χ3n) is 6.65. The van der Waals surface area contributed by atoms with Gasteiger partial charge in [0.05, 0.1) is 41.9 Å². The van der Waals surface area contributed by atoms with Crippen LogP contribution in [-0.4, -0.2) is 37.0 Å². The third-order valence-corrected chi connectivity index (χ3v) is 6.65. The van der Waals surface area contributed by atoms with E-state index in [0.717, 1.165) is 6.07 Å². The van der Waals surface area contributed by atoms with Crippen molar-refractivity contribution in [3.8, 4) is 5.75 Å². The fourth-order valence-corrected chi connectivity index (χ4v) is 4.96. The number of para-hydroxylation sites is 1. The molecule has 0 fully saturated rings. The Hall–Kier alpha value is -4.41. The highest BCUT2D eigenvalue weighted by Gasteiger charge is 2.46. The second kappa shape index (κ2) is 12.6. The number of hydrogen-bond donors (Lipinski definition) is 0. The van der Waals surface area contributed by atoms with Crippen LogP contribution >= 0.6 is 0 Å². The van der Waals surface area contributed by atoms with Gasteiger partial charge in [-0.3, -0.25) is 9.79 Å². The number of hydrogen-bond acceptors (Lipinski definition) is 8. The van der Waals surface area contributed by atoms with Crippen LogP contribution in [0.1, 0.15) is 51.2 Å². The van der Waals surface area contributed by atoms with E-state index in [4.69, 9.17) is 18.6 Å². The molecule has 8 nitrogen and oxygen atoms in total.